The van der Waals surface area contributed by atoms with E-state index in [2.05, 4.69) is 10.3 Å². The SMILES string of the molecule is NCc1ccc2cc(C(=O)O)n(Cc3cc(NC(=O)N4CC5CC(C5)C4)cc4ccccc34)c2n1. The van der Waals surface area contributed by atoms with Crippen LogP contribution in [0.3, 0.4) is 0 Å². The van der Waals surface area contributed by atoms with Crippen molar-refractivity contribution < 1.29 is 14.7 Å². The molecular weight excluding hydrogens is 442 g/mol. The molecule has 35 heavy (non-hydrogen) atoms. The zero-order valence-corrected chi connectivity index (χ0v) is 19.3. The lowest BCUT2D eigenvalue weighted by molar-refractivity contribution is 0.0533. The van der Waals surface area contributed by atoms with Gasteiger partial charge in [0.2, 0.25) is 0 Å². The van der Waals surface area contributed by atoms with E-state index in [-0.39, 0.29) is 18.3 Å². The number of carbonyl (C=O) groups is 2. The van der Waals surface area contributed by atoms with Crippen LogP contribution in [0.2, 0.25) is 0 Å². The van der Waals surface area contributed by atoms with Gasteiger partial charge in [0.15, 0.2) is 0 Å². The van der Waals surface area contributed by atoms with Crippen LogP contribution in [0.25, 0.3) is 21.8 Å². The molecule has 2 saturated heterocycles. The number of rotatable bonds is 5. The van der Waals surface area contributed by atoms with Gasteiger partial charge in [0.05, 0.1) is 12.2 Å². The number of aromatic nitrogens is 2. The topological polar surface area (TPSA) is 113 Å². The normalized spacial score (nSPS) is 19.1. The van der Waals surface area contributed by atoms with Crippen LogP contribution in [0.4, 0.5) is 10.5 Å². The fraction of sp³-hybridized carbons (Fsp3) is 0.296. The average Bonchev–Trinajstić information content (AvgIpc) is 3.21. The Morgan fingerprint density at radius 2 is 1.80 bits per heavy atom. The number of pyridine rings is 1. The number of fused-ring (bicyclic) bond motifs is 4. The predicted molar refractivity (Wildman–Crippen MR) is 134 cm³/mol. The van der Waals surface area contributed by atoms with E-state index in [1.807, 2.05) is 53.4 Å². The van der Waals surface area contributed by atoms with E-state index >= 15 is 0 Å². The Morgan fingerprint density at radius 1 is 1.03 bits per heavy atom. The molecule has 8 heteroatoms. The molecule has 7 rings (SSSR count). The molecule has 0 atom stereocenters. The number of carboxylic acid groups (broad SMARTS) is 1. The fourth-order valence-corrected chi connectivity index (χ4v) is 5.62. The number of anilines is 1. The number of carboxylic acids is 1. The molecule has 8 nitrogen and oxygen atoms in total. The maximum atomic E-state index is 13.0. The number of urea groups is 1. The summed E-state index contributed by atoms with van der Waals surface area (Å²) in [5.74, 6) is 0.248. The highest BCUT2D eigenvalue weighted by Gasteiger charge is 2.38. The van der Waals surface area contributed by atoms with Crippen molar-refractivity contribution in [3.8, 4) is 0 Å². The quantitative estimate of drug-likeness (QED) is 0.404. The van der Waals surface area contributed by atoms with Crippen molar-refractivity contribution in [2.45, 2.75) is 25.9 Å². The molecule has 1 aliphatic carbocycles. The Balaban J connectivity index is 1.39. The number of carbonyl (C=O) groups excluding carboxylic acids is 1. The van der Waals surface area contributed by atoms with Gasteiger partial charge in [-0.05, 0) is 71.3 Å². The Morgan fingerprint density at radius 3 is 2.54 bits per heavy atom. The zero-order valence-electron chi connectivity index (χ0n) is 19.3. The van der Waals surface area contributed by atoms with Crippen LogP contribution in [0.5, 0.6) is 0 Å². The number of aromatic carboxylic acids is 1. The maximum Gasteiger partial charge on any atom is 0.352 e. The Hall–Kier alpha value is -3.91. The summed E-state index contributed by atoms with van der Waals surface area (Å²) >= 11 is 0. The third kappa shape index (κ3) is 3.89. The molecule has 0 radical (unpaired) electrons. The Labute approximate surface area is 202 Å². The van der Waals surface area contributed by atoms with Crippen molar-refractivity contribution in [2.24, 2.45) is 17.6 Å². The summed E-state index contributed by atoms with van der Waals surface area (Å²) in [4.78, 5) is 31.6. The van der Waals surface area contributed by atoms with E-state index in [1.165, 1.54) is 12.8 Å². The molecule has 4 N–H and O–H groups in total. The van der Waals surface area contributed by atoms with E-state index in [9.17, 15) is 14.7 Å². The largest absolute Gasteiger partial charge is 0.477 e. The van der Waals surface area contributed by atoms with Gasteiger partial charge in [-0.1, -0.05) is 24.3 Å². The maximum absolute atomic E-state index is 13.0. The van der Waals surface area contributed by atoms with Crippen LogP contribution in [-0.4, -0.2) is 44.6 Å². The van der Waals surface area contributed by atoms with E-state index < -0.39 is 5.97 Å². The van der Waals surface area contributed by atoms with Crippen molar-refractivity contribution >= 4 is 39.5 Å². The van der Waals surface area contributed by atoms with Crippen LogP contribution in [0.1, 0.15) is 34.6 Å². The fourth-order valence-electron chi connectivity index (χ4n) is 5.62. The van der Waals surface area contributed by atoms with E-state index in [1.54, 1.807) is 10.6 Å². The number of nitrogens with one attached hydrogen (secondary N) is 1. The molecule has 178 valence electrons. The summed E-state index contributed by atoms with van der Waals surface area (Å²) in [6, 6.07) is 17.1. The second kappa shape index (κ2) is 8.39. The van der Waals surface area contributed by atoms with Gasteiger partial charge in [-0.2, -0.15) is 0 Å². The minimum atomic E-state index is -1.02. The van der Waals surface area contributed by atoms with Gasteiger partial charge >= 0.3 is 12.0 Å². The molecule has 2 amide bonds. The number of piperidine rings is 2. The van der Waals surface area contributed by atoms with Crippen LogP contribution in [0, 0.1) is 11.8 Å². The van der Waals surface area contributed by atoms with Gasteiger partial charge in [0.1, 0.15) is 11.3 Å². The predicted octanol–water partition coefficient (Wildman–Crippen LogP) is 4.27. The number of amides is 2. The second-order valence-corrected chi connectivity index (χ2v) is 9.74. The lowest BCUT2D eigenvalue weighted by Gasteiger charge is -2.46. The molecule has 3 fully saturated rings. The lowest BCUT2D eigenvalue weighted by atomic mass is 9.71. The first-order chi connectivity index (χ1) is 17.0. The summed E-state index contributed by atoms with van der Waals surface area (Å²) < 4.78 is 1.71. The zero-order chi connectivity index (χ0) is 24.1. The molecule has 2 aromatic carbocycles. The molecule has 2 bridgehead atoms. The number of hydrogen-bond donors (Lipinski definition) is 3. The molecule has 4 heterocycles. The second-order valence-electron chi connectivity index (χ2n) is 9.74. The number of nitrogens with zero attached hydrogens (tertiary/aromatic N) is 3. The molecule has 2 aliphatic heterocycles. The van der Waals surface area contributed by atoms with Gasteiger partial charge in [-0.3, -0.25) is 0 Å². The average molecular weight is 470 g/mol. The van der Waals surface area contributed by atoms with Crippen LogP contribution in [0.15, 0.2) is 54.6 Å². The minimum absolute atomic E-state index is 0.0764. The summed E-state index contributed by atoms with van der Waals surface area (Å²) in [6.07, 6.45) is 2.47. The van der Waals surface area contributed by atoms with Crippen molar-refractivity contribution in [1.29, 1.82) is 0 Å². The van der Waals surface area contributed by atoms with Crippen molar-refractivity contribution in [1.82, 2.24) is 14.5 Å². The molecule has 1 saturated carbocycles. The first-order valence-electron chi connectivity index (χ1n) is 12.0. The number of benzene rings is 2. The molecule has 0 unspecified atom stereocenters. The summed E-state index contributed by atoms with van der Waals surface area (Å²) in [5, 5.41) is 15.7. The highest BCUT2D eigenvalue weighted by molar-refractivity contribution is 5.96. The van der Waals surface area contributed by atoms with E-state index in [0.29, 0.717) is 35.4 Å². The molecule has 2 aromatic heterocycles. The molecule has 3 aliphatic rings. The highest BCUT2D eigenvalue weighted by atomic mass is 16.4. The molecular formula is C27H27N5O3. The Kier molecular flexibility index (Phi) is 5.18. The standard InChI is InChI=1S/C27H27N5O3/c28-12-21-6-5-19-11-24(26(33)34)32(25(19)29-21)15-20-10-22(9-18-3-1-2-4-23(18)20)30-27(35)31-13-16-7-17(8-16)14-31/h1-6,9-11,16-17H,7-8,12-15,28H2,(H,30,35)(H,33,34). The highest BCUT2D eigenvalue weighted by Crippen LogP contribution is 2.39. The van der Waals surface area contributed by atoms with Gasteiger partial charge in [-0.25, -0.2) is 14.6 Å². The number of nitrogens with two attached hydrogens (primary N) is 1. The first-order valence-corrected chi connectivity index (χ1v) is 12.0. The van der Waals surface area contributed by atoms with Gasteiger partial charge < -0.3 is 25.6 Å². The summed E-state index contributed by atoms with van der Waals surface area (Å²) in [5.41, 5.74) is 8.83. The number of hydrogen-bond acceptors (Lipinski definition) is 4. The minimum Gasteiger partial charge on any atom is -0.477 e. The van der Waals surface area contributed by atoms with Crippen molar-refractivity contribution in [3.05, 3.63) is 71.5 Å². The van der Waals surface area contributed by atoms with E-state index in [0.717, 1.165) is 34.8 Å². The van der Waals surface area contributed by atoms with Crippen LogP contribution >= 0.6 is 0 Å². The smallest absolute Gasteiger partial charge is 0.352 e. The van der Waals surface area contributed by atoms with Crippen molar-refractivity contribution in [3.63, 3.8) is 0 Å². The monoisotopic (exact) mass is 469 g/mol. The first kappa shape index (κ1) is 21.6. The molecule has 0 spiro atoms. The summed E-state index contributed by atoms with van der Waals surface area (Å²) in [7, 11) is 0. The summed E-state index contributed by atoms with van der Waals surface area (Å²) in [6.45, 7) is 2.20. The van der Waals surface area contributed by atoms with Crippen LogP contribution < -0.4 is 11.1 Å². The molecule has 4 aromatic rings. The Bertz CT molecular complexity index is 1460. The van der Waals surface area contributed by atoms with Gasteiger partial charge in [-0.15, -0.1) is 0 Å². The van der Waals surface area contributed by atoms with Gasteiger partial charge in [0, 0.05) is 30.7 Å². The van der Waals surface area contributed by atoms with Crippen molar-refractivity contribution in [2.75, 3.05) is 18.4 Å². The third-order valence-electron chi connectivity index (χ3n) is 7.33. The third-order valence-corrected chi connectivity index (χ3v) is 7.33. The van der Waals surface area contributed by atoms with Crippen LogP contribution in [-0.2, 0) is 13.1 Å². The van der Waals surface area contributed by atoms with E-state index in [4.69, 9.17) is 5.73 Å². The van der Waals surface area contributed by atoms with Gasteiger partial charge in [0.25, 0.3) is 0 Å². The lowest BCUT2D eigenvalue weighted by Crippen LogP contribution is -2.52.